The predicted molar refractivity (Wildman–Crippen MR) is 141 cm³/mol. The zero-order valence-corrected chi connectivity index (χ0v) is 21.7. The summed E-state index contributed by atoms with van der Waals surface area (Å²) in [5, 5.41) is 4.18. The number of pyridine rings is 1. The first-order valence-electron chi connectivity index (χ1n) is 12.4. The molecule has 5 rings (SSSR count). The number of hydrogen-bond donors (Lipinski definition) is 0. The van der Waals surface area contributed by atoms with Gasteiger partial charge in [0.25, 0.3) is 0 Å². The molecule has 9 nitrogen and oxygen atoms in total. The standard InChI is InChI=1S/C26H33N5O4S/c1-33-22-7-6-19-5-3-8-27-24(19)25(22)30-10-4-9-29(11-12-30)21(17-23(32)34-2)20-18-36-26(28-20)31-13-15-35-16-14-31/h3,5-8,18,21H,4,9-17H2,1-2H3. The minimum absolute atomic E-state index is 0.129. The van der Waals surface area contributed by atoms with Gasteiger partial charge in [0.2, 0.25) is 0 Å². The van der Waals surface area contributed by atoms with Crippen molar-refractivity contribution >= 4 is 39.0 Å². The van der Waals surface area contributed by atoms with Crippen molar-refractivity contribution in [3.05, 3.63) is 41.5 Å². The Morgan fingerprint density at radius 1 is 1.08 bits per heavy atom. The molecule has 0 radical (unpaired) electrons. The molecule has 0 amide bonds. The lowest BCUT2D eigenvalue weighted by molar-refractivity contribution is -0.142. The van der Waals surface area contributed by atoms with Gasteiger partial charge in [-0.15, -0.1) is 11.3 Å². The Balaban J connectivity index is 1.38. The summed E-state index contributed by atoms with van der Waals surface area (Å²) in [5.41, 5.74) is 2.92. The molecule has 36 heavy (non-hydrogen) atoms. The molecule has 0 bridgehead atoms. The molecule has 10 heteroatoms. The van der Waals surface area contributed by atoms with Crippen LogP contribution in [-0.2, 0) is 14.3 Å². The van der Waals surface area contributed by atoms with Crippen LogP contribution in [0.1, 0.15) is 24.6 Å². The predicted octanol–water partition coefficient (Wildman–Crippen LogP) is 3.35. The first kappa shape index (κ1) is 24.7. The van der Waals surface area contributed by atoms with E-state index in [4.69, 9.17) is 19.2 Å². The summed E-state index contributed by atoms with van der Waals surface area (Å²) in [6, 6.07) is 7.98. The summed E-state index contributed by atoms with van der Waals surface area (Å²) in [7, 11) is 3.15. The number of carbonyl (C=O) groups is 1. The smallest absolute Gasteiger partial charge is 0.307 e. The van der Waals surface area contributed by atoms with Crippen LogP contribution in [0.25, 0.3) is 10.9 Å². The van der Waals surface area contributed by atoms with Crippen molar-refractivity contribution in [2.75, 3.05) is 76.5 Å². The van der Waals surface area contributed by atoms with Crippen molar-refractivity contribution in [1.29, 1.82) is 0 Å². The number of aromatic nitrogens is 2. The molecule has 192 valence electrons. The second-order valence-electron chi connectivity index (χ2n) is 9.02. The highest BCUT2D eigenvalue weighted by atomic mass is 32.1. The Morgan fingerprint density at radius 2 is 1.94 bits per heavy atom. The minimum Gasteiger partial charge on any atom is -0.494 e. The van der Waals surface area contributed by atoms with Crippen LogP contribution in [-0.4, -0.2) is 87.5 Å². The molecule has 3 aromatic rings. The highest BCUT2D eigenvalue weighted by Gasteiger charge is 2.30. The highest BCUT2D eigenvalue weighted by Crippen LogP contribution is 2.37. The van der Waals surface area contributed by atoms with Crippen LogP contribution in [0.2, 0.25) is 0 Å². The molecule has 2 aliphatic rings. The van der Waals surface area contributed by atoms with Gasteiger partial charge in [0, 0.05) is 56.2 Å². The normalized spacial score (nSPS) is 18.2. The molecule has 2 saturated heterocycles. The van der Waals surface area contributed by atoms with Crippen LogP contribution >= 0.6 is 11.3 Å². The number of morpholine rings is 1. The van der Waals surface area contributed by atoms with Crippen molar-refractivity contribution in [3.8, 4) is 5.75 Å². The zero-order chi connectivity index (χ0) is 24.9. The lowest BCUT2D eigenvalue weighted by Crippen LogP contribution is -2.36. The molecular formula is C26H33N5O4S. The number of ether oxygens (including phenoxy) is 3. The maximum absolute atomic E-state index is 12.4. The van der Waals surface area contributed by atoms with Gasteiger partial charge in [-0.25, -0.2) is 4.98 Å². The zero-order valence-electron chi connectivity index (χ0n) is 20.9. The first-order chi connectivity index (χ1) is 17.7. The van der Waals surface area contributed by atoms with E-state index < -0.39 is 0 Å². The molecule has 4 heterocycles. The fraction of sp³-hybridized carbons (Fsp3) is 0.500. The quantitative estimate of drug-likeness (QED) is 0.444. The molecule has 0 N–H and O–H groups in total. The van der Waals surface area contributed by atoms with Crippen LogP contribution in [0, 0.1) is 0 Å². The number of anilines is 2. The number of thiazole rings is 1. The van der Waals surface area contributed by atoms with E-state index in [1.807, 2.05) is 18.3 Å². The summed E-state index contributed by atoms with van der Waals surface area (Å²) in [6.45, 7) is 6.45. The second kappa shape index (κ2) is 11.4. The van der Waals surface area contributed by atoms with E-state index >= 15 is 0 Å². The fourth-order valence-electron chi connectivity index (χ4n) is 5.05. The molecule has 0 aliphatic carbocycles. The molecule has 0 spiro atoms. The molecule has 1 aromatic carbocycles. The van der Waals surface area contributed by atoms with E-state index in [2.05, 4.69) is 37.2 Å². The van der Waals surface area contributed by atoms with E-state index in [-0.39, 0.29) is 18.4 Å². The average Bonchev–Trinajstić information content (AvgIpc) is 3.30. The van der Waals surface area contributed by atoms with Crippen LogP contribution in [0.5, 0.6) is 5.75 Å². The maximum Gasteiger partial charge on any atom is 0.307 e. The minimum atomic E-state index is -0.220. The van der Waals surface area contributed by atoms with Crippen molar-refractivity contribution in [3.63, 3.8) is 0 Å². The summed E-state index contributed by atoms with van der Waals surface area (Å²) >= 11 is 1.64. The summed E-state index contributed by atoms with van der Waals surface area (Å²) < 4.78 is 16.3. The molecular weight excluding hydrogens is 478 g/mol. The number of methoxy groups -OCH3 is 2. The van der Waals surface area contributed by atoms with Gasteiger partial charge < -0.3 is 24.0 Å². The van der Waals surface area contributed by atoms with Gasteiger partial charge in [-0.2, -0.15) is 0 Å². The molecule has 1 atom stereocenters. The number of benzene rings is 1. The van der Waals surface area contributed by atoms with Gasteiger partial charge in [-0.05, 0) is 24.6 Å². The van der Waals surface area contributed by atoms with Crippen LogP contribution < -0.4 is 14.5 Å². The number of hydrogen-bond acceptors (Lipinski definition) is 10. The van der Waals surface area contributed by atoms with E-state index in [0.717, 1.165) is 92.1 Å². The fourth-order valence-corrected chi connectivity index (χ4v) is 5.97. The van der Waals surface area contributed by atoms with Crippen molar-refractivity contribution < 1.29 is 19.0 Å². The van der Waals surface area contributed by atoms with E-state index in [1.54, 1.807) is 18.4 Å². The van der Waals surface area contributed by atoms with Gasteiger partial charge in [0.1, 0.15) is 11.4 Å². The second-order valence-corrected chi connectivity index (χ2v) is 9.86. The highest BCUT2D eigenvalue weighted by molar-refractivity contribution is 7.13. The third-order valence-electron chi connectivity index (χ3n) is 6.94. The van der Waals surface area contributed by atoms with E-state index in [0.29, 0.717) is 0 Å². The topological polar surface area (TPSA) is 80.3 Å². The largest absolute Gasteiger partial charge is 0.494 e. The van der Waals surface area contributed by atoms with E-state index in [1.165, 1.54) is 7.11 Å². The van der Waals surface area contributed by atoms with Crippen LogP contribution in [0.3, 0.4) is 0 Å². The van der Waals surface area contributed by atoms with Gasteiger partial charge in [0.05, 0.1) is 51.1 Å². The lowest BCUT2D eigenvalue weighted by Gasteiger charge is -2.30. The summed E-state index contributed by atoms with van der Waals surface area (Å²) in [4.78, 5) is 29.1. The summed E-state index contributed by atoms with van der Waals surface area (Å²) in [6.07, 6.45) is 3.06. The molecule has 2 aliphatic heterocycles. The SMILES string of the molecule is COC(=O)CC(c1csc(N2CCOCC2)n1)N1CCCN(c2c(OC)ccc3cccnc23)CC1. The Hall–Kier alpha value is -2.95. The molecule has 2 fully saturated rings. The Bertz CT molecular complexity index is 1180. The number of nitrogens with zero attached hydrogens (tertiary/aromatic N) is 5. The van der Waals surface area contributed by atoms with Crippen molar-refractivity contribution in [2.45, 2.75) is 18.9 Å². The number of fused-ring (bicyclic) bond motifs is 1. The third-order valence-corrected chi connectivity index (χ3v) is 7.86. The molecule has 0 saturated carbocycles. The average molecular weight is 512 g/mol. The van der Waals surface area contributed by atoms with Gasteiger partial charge in [-0.3, -0.25) is 14.7 Å². The van der Waals surface area contributed by atoms with Crippen molar-refractivity contribution in [2.24, 2.45) is 0 Å². The van der Waals surface area contributed by atoms with Gasteiger partial charge in [0.15, 0.2) is 5.13 Å². The number of rotatable bonds is 7. The van der Waals surface area contributed by atoms with E-state index in [9.17, 15) is 4.79 Å². The molecule has 2 aromatic heterocycles. The van der Waals surface area contributed by atoms with Gasteiger partial charge >= 0.3 is 5.97 Å². The lowest BCUT2D eigenvalue weighted by atomic mass is 10.1. The number of carbonyl (C=O) groups excluding carboxylic acids is 1. The van der Waals surface area contributed by atoms with Gasteiger partial charge in [-0.1, -0.05) is 6.07 Å². The summed E-state index contributed by atoms with van der Waals surface area (Å²) in [5.74, 6) is 0.609. The Labute approximate surface area is 215 Å². The first-order valence-corrected chi connectivity index (χ1v) is 13.3. The molecule has 1 unspecified atom stereocenters. The number of esters is 1. The Kier molecular flexibility index (Phi) is 7.84. The van der Waals surface area contributed by atoms with Crippen LogP contribution in [0.4, 0.5) is 10.8 Å². The third kappa shape index (κ3) is 5.25. The Morgan fingerprint density at radius 3 is 2.75 bits per heavy atom. The maximum atomic E-state index is 12.4. The monoisotopic (exact) mass is 511 g/mol. The van der Waals surface area contributed by atoms with Crippen LogP contribution in [0.15, 0.2) is 35.8 Å². The van der Waals surface area contributed by atoms with Crippen molar-refractivity contribution in [1.82, 2.24) is 14.9 Å².